The van der Waals surface area contributed by atoms with E-state index in [1.54, 1.807) is 0 Å². The first-order valence-corrected chi connectivity index (χ1v) is 6.97. The van der Waals surface area contributed by atoms with Gasteiger partial charge in [-0.1, -0.05) is 33.6 Å². The first-order valence-electron chi connectivity index (χ1n) is 4.41. The summed E-state index contributed by atoms with van der Waals surface area (Å²) in [5.74, 6) is 0. The lowest BCUT2D eigenvalue weighted by molar-refractivity contribution is 0.523. The van der Waals surface area contributed by atoms with Gasteiger partial charge in [0.05, 0.1) is 0 Å². The number of hydrogen-bond donors (Lipinski definition) is 1. The van der Waals surface area contributed by atoms with Crippen LogP contribution in [0.1, 0.15) is 33.6 Å². The van der Waals surface area contributed by atoms with Crippen molar-refractivity contribution in [3.05, 3.63) is 0 Å². The van der Waals surface area contributed by atoms with Gasteiger partial charge in [0.1, 0.15) is 0 Å². The van der Waals surface area contributed by atoms with Gasteiger partial charge in [0.2, 0.25) is 0 Å². The van der Waals surface area contributed by atoms with Gasteiger partial charge in [-0.05, 0) is 18.1 Å². The van der Waals surface area contributed by atoms with Gasteiger partial charge in [-0.3, -0.25) is 0 Å². The average Bonchev–Trinajstić information content (AvgIpc) is 2.00. The lowest BCUT2D eigenvalue weighted by atomic mass is 10.4. The zero-order chi connectivity index (χ0) is 8.04. The van der Waals surface area contributed by atoms with E-state index in [1.165, 1.54) is 12.8 Å². The molecule has 0 aliphatic rings. The Hall–Kier alpha value is 0.177. The van der Waals surface area contributed by atoms with Crippen LogP contribution in [0.4, 0.5) is 0 Å². The molecule has 0 saturated carbocycles. The Kier molecular flexibility index (Phi) is 5.00. The number of rotatable bonds is 5. The zero-order valence-electron chi connectivity index (χ0n) is 7.48. The minimum atomic E-state index is -1.72. The molecule has 0 saturated heterocycles. The van der Waals surface area contributed by atoms with Crippen LogP contribution in [0.15, 0.2) is 0 Å². The van der Waals surface area contributed by atoms with E-state index >= 15 is 0 Å². The van der Waals surface area contributed by atoms with Crippen LogP contribution in [0, 0.1) is 0 Å². The fourth-order valence-corrected chi connectivity index (χ4v) is 3.33. The molecule has 0 unspecified atom stereocenters. The standard InChI is InChI=1S/C8H20OSi/c1-4-7-8-10(9,5-2)6-3/h9H,4-8H2,1-3H3. The monoisotopic (exact) mass is 160 g/mol. The molecule has 0 fully saturated rings. The van der Waals surface area contributed by atoms with Gasteiger partial charge in [0, 0.05) is 0 Å². The van der Waals surface area contributed by atoms with Gasteiger partial charge in [0.25, 0.3) is 0 Å². The van der Waals surface area contributed by atoms with Crippen molar-refractivity contribution >= 4 is 8.32 Å². The van der Waals surface area contributed by atoms with Gasteiger partial charge < -0.3 is 4.80 Å². The molecule has 10 heavy (non-hydrogen) atoms. The largest absolute Gasteiger partial charge is 0.432 e. The molecule has 0 bridgehead atoms. The minimum Gasteiger partial charge on any atom is -0.432 e. The van der Waals surface area contributed by atoms with Crippen molar-refractivity contribution in [2.45, 2.75) is 51.7 Å². The Bertz CT molecular complexity index is 79.3. The van der Waals surface area contributed by atoms with Crippen LogP contribution in [-0.2, 0) is 0 Å². The van der Waals surface area contributed by atoms with Gasteiger partial charge in [-0.2, -0.15) is 0 Å². The molecule has 1 nitrogen and oxygen atoms in total. The third-order valence-corrected chi connectivity index (χ3v) is 6.23. The van der Waals surface area contributed by atoms with Gasteiger partial charge in [-0.15, -0.1) is 0 Å². The maximum Gasteiger partial charge on any atom is 0.188 e. The highest BCUT2D eigenvalue weighted by Crippen LogP contribution is 2.19. The van der Waals surface area contributed by atoms with Crippen molar-refractivity contribution in [2.75, 3.05) is 0 Å². The molecule has 0 aromatic rings. The van der Waals surface area contributed by atoms with Crippen LogP contribution in [0.3, 0.4) is 0 Å². The molecule has 0 aromatic heterocycles. The number of hydrogen-bond acceptors (Lipinski definition) is 1. The molecular weight excluding hydrogens is 140 g/mol. The summed E-state index contributed by atoms with van der Waals surface area (Å²) in [6, 6.07) is 3.17. The predicted molar refractivity (Wildman–Crippen MR) is 48.6 cm³/mol. The molecule has 1 N–H and O–H groups in total. The van der Waals surface area contributed by atoms with Crippen molar-refractivity contribution in [1.29, 1.82) is 0 Å². The highest BCUT2D eigenvalue weighted by molar-refractivity contribution is 6.72. The highest BCUT2D eigenvalue weighted by atomic mass is 28.4. The first-order chi connectivity index (χ1) is 4.68. The smallest absolute Gasteiger partial charge is 0.188 e. The summed E-state index contributed by atoms with van der Waals surface area (Å²) in [6.45, 7) is 6.41. The Balaban J connectivity index is 3.58. The molecule has 0 aliphatic carbocycles. The van der Waals surface area contributed by atoms with Crippen molar-refractivity contribution in [3.63, 3.8) is 0 Å². The van der Waals surface area contributed by atoms with E-state index < -0.39 is 8.32 Å². The van der Waals surface area contributed by atoms with Gasteiger partial charge in [0.15, 0.2) is 8.32 Å². The Morgan fingerprint density at radius 2 is 1.60 bits per heavy atom. The molecule has 0 rings (SSSR count). The normalized spacial score (nSPS) is 12.0. The molecule has 0 atom stereocenters. The molecule has 0 amide bonds. The zero-order valence-corrected chi connectivity index (χ0v) is 8.48. The van der Waals surface area contributed by atoms with Crippen LogP contribution in [0.2, 0.25) is 18.1 Å². The Morgan fingerprint density at radius 1 is 1.10 bits per heavy atom. The van der Waals surface area contributed by atoms with Crippen molar-refractivity contribution in [2.24, 2.45) is 0 Å². The van der Waals surface area contributed by atoms with Crippen LogP contribution in [0.5, 0.6) is 0 Å². The van der Waals surface area contributed by atoms with E-state index in [9.17, 15) is 4.80 Å². The van der Waals surface area contributed by atoms with Crippen molar-refractivity contribution in [1.82, 2.24) is 0 Å². The fourth-order valence-electron chi connectivity index (χ4n) is 1.11. The summed E-state index contributed by atoms with van der Waals surface area (Å²) < 4.78 is 0. The summed E-state index contributed by atoms with van der Waals surface area (Å²) in [5.41, 5.74) is 0. The molecule has 2 heteroatoms. The molecule has 0 aromatic carbocycles. The topological polar surface area (TPSA) is 20.2 Å². The van der Waals surface area contributed by atoms with Gasteiger partial charge in [-0.25, -0.2) is 0 Å². The fraction of sp³-hybridized carbons (Fsp3) is 1.00. The molecule has 0 aliphatic heterocycles. The summed E-state index contributed by atoms with van der Waals surface area (Å²) >= 11 is 0. The van der Waals surface area contributed by atoms with Crippen LogP contribution in [-0.4, -0.2) is 13.1 Å². The molecule has 62 valence electrons. The Labute approximate surface area is 65.6 Å². The molecule has 0 heterocycles. The van der Waals surface area contributed by atoms with Crippen LogP contribution in [0.25, 0.3) is 0 Å². The second-order valence-electron chi connectivity index (χ2n) is 3.04. The average molecular weight is 160 g/mol. The molecule has 0 spiro atoms. The summed E-state index contributed by atoms with van der Waals surface area (Å²) in [5, 5.41) is 0. The van der Waals surface area contributed by atoms with E-state index in [1.807, 2.05) is 0 Å². The maximum atomic E-state index is 9.90. The molecular formula is C8H20OSi. The second-order valence-corrected chi connectivity index (χ2v) is 7.40. The third-order valence-electron chi connectivity index (χ3n) is 2.31. The second kappa shape index (κ2) is 4.91. The van der Waals surface area contributed by atoms with E-state index in [4.69, 9.17) is 0 Å². The SMILES string of the molecule is CCCC[Si](O)(CC)CC. The Morgan fingerprint density at radius 3 is 1.90 bits per heavy atom. The third kappa shape index (κ3) is 3.37. The maximum absolute atomic E-state index is 9.90. The number of unbranched alkanes of at least 4 members (excludes halogenated alkanes) is 1. The molecule has 0 radical (unpaired) electrons. The first kappa shape index (κ1) is 10.2. The minimum absolute atomic E-state index is 1.03. The van der Waals surface area contributed by atoms with E-state index in [0.717, 1.165) is 18.1 Å². The van der Waals surface area contributed by atoms with E-state index in [-0.39, 0.29) is 0 Å². The summed E-state index contributed by atoms with van der Waals surface area (Å²) in [4.78, 5) is 9.90. The van der Waals surface area contributed by atoms with E-state index in [2.05, 4.69) is 20.8 Å². The quantitative estimate of drug-likeness (QED) is 0.613. The van der Waals surface area contributed by atoms with Crippen LogP contribution >= 0.6 is 0 Å². The highest BCUT2D eigenvalue weighted by Gasteiger charge is 2.24. The van der Waals surface area contributed by atoms with Crippen molar-refractivity contribution in [3.8, 4) is 0 Å². The lowest BCUT2D eigenvalue weighted by Crippen LogP contribution is -2.31. The van der Waals surface area contributed by atoms with Crippen molar-refractivity contribution < 1.29 is 4.80 Å². The van der Waals surface area contributed by atoms with Crippen LogP contribution < -0.4 is 0 Å². The van der Waals surface area contributed by atoms with E-state index in [0.29, 0.717) is 0 Å². The van der Waals surface area contributed by atoms with Gasteiger partial charge >= 0.3 is 0 Å². The predicted octanol–water partition coefficient (Wildman–Crippen LogP) is 2.76. The summed E-state index contributed by atoms with van der Waals surface area (Å²) in [7, 11) is -1.72. The summed E-state index contributed by atoms with van der Waals surface area (Å²) in [6.07, 6.45) is 2.43. The lowest BCUT2D eigenvalue weighted by Gasteiger charge is -2.20.